The van der Waals surface area contributed by atoms with Gasteiger partial charge in [0.2, 0.25) is 0 Å². The SMILES string of the molecule is COC(=O)C12CC3CC1C(OC2=O)C3OC(=O)CC1CCC2CC=CCC2C1. The topological polar surface area (TPSA) is 78.9 Å². The van der Waals surface area contributed by atoms with E-state index in [1.54, 1.807) is 0 Å². The van der Waals surface area contributed by atoms with E-state index in [9.17, 15) is 14.4 Å². The molecule has 8 atom stereocenters. The Morgan fingerprint density at radius 1 is 1.14 bits per heavy atom. The summed E-state index contributed by atoms with van der Waals surface area (Å²) in [7, 11) is 1.30. The standard InChI is InChI=1S/C22H28O6/c1-26-20(24)22-11-15-10-16(22)19(28-21(22)25)18(15)27-17(23)9-12-6-7-13-4-2-3-5-14(13)8-12/h2-3,12-16,18-19H,4-11H2,1H3. The van der Waals surface area contributed by atoms with E-state index in [1.807, 2.05) is 0 Å². The van der Waals surface area contributed by atoms with E-state index in [0.29, 0.717) is 31.1 Å². The second-order valence-electron chi connectivity index (χ2n) is 9.44. The number of methoxy groups -OCH3 is 1. The third-order valence-corrected chi connectivity index (χ3v) is 8.13. The quantitative estimate of drug-likeness (QED) is 0.319. The molecule has 0 N–H and O–H groups in total. The summed E-state index contributed by atoms with van der Waals surface area (Å²) >= 11 is 0. The van der Waals surface area contributed by atoms with Crippen molar-refractivity contribution in [1.82, 2.24) is 0 Å². The molecule has 4 aliphatic carbocycles. The average molecular weight is 388 g/mol. The van der Waals surface area contributed by atoms with E-state index in [0.717, 1.165) is 25.2 Å². The maximum Gasteiger partial charge on any atom is 0.324 e. The van der Waals surface area contributed by atoms with Crippen LogP contribution in [0.25, 0.3) is 0 Å². The van der Waals surface area contributed by atoms with Crippen LogP contribution in [0.3, 0.4) is 0 Å². The highest BCUT2D eigenvalue weighted by molar-refractivity contribution is 6.03. The van der Waals surface area contributed by atoms with Gasteiger partial charge in [-0.15, -0.1) is 0 Å². The zero-order chi connectivity index (χ0) is 19.5. The summed E-state index contributed by atoms with van der Waals surface area (Å²) in [6.45, 7) is 0. The summed E-state index contributed by atoms with van der Waals surface area (Å²) in [4.78, 5) is 37.4. The van der Waals surface area contributed by atoms with Gasteiger partial charge in [-0.05, 0) is 62.7 Å². The zero-order valence-electron chi connectivity index (χ0n) is 16.3. The van der Waals surface area contributed by atoms with Crippen LogP contribution in [0.15, 0.2) is 12.2 Å². The highest BCUT2D eigenvalue weighted by Crippen LogP contribution is 2.63. The zero-order valence-corrected chi connectivity index (χ0v) is 16.3. The molecule has 1 heterocycles. The third-order valence-electron chi connectivity index (χ3n) is 8.13. The van der Waals surface area contributed by atoms with Crippen LogP contribution in [0.1, 0.15) is 51.4 Å². The minimum atomic E-state index is -1.17. The van der Waals surface area contributed by atoms with Crippen LogP contribution >= 0.6 is 0 Å². The largest absolute Gasteiger partial charge is 0.468 e. The van der Waals surface area contributed by atoms with Crippen LogP contribution in [-0.2, 0) is 28.6 Å². The lowest BCUT2D eigenvalue weighted by molar-refractivity contribution is -0.164. The second-order valence-corrected chi connectivity index (χ2v) is 9.44. The fraction of sp³-hybridized carbons (Fsp3) is 0.773. The lowest BCUT2D eigenvalue weighted by Crippen LogP contribution is -2.45. The van der Waals surface area contributed by atoms with Crippen LogP contribution < -0.4 is 0 Å². The molecule has 3 saturated carbocycles. The molecule has 152 valence electrons. The Hall–Kier alpha value is -1.85. The van der Waals surface area contributed by atoms with Gasteiger partial charge in [0.1, 0.15) is 12.2 Å². The minimum absolute atomic E-state index is 0.00344. The molecule has 6 nitrogen and oxygen atoms in total. The minimum Gasteiger partial charge on any atom is -0.468 e. The molecule has 5 rings (SSSR count). The van der Waals surface area contributed by atoms with E-state index in [4.69, 9.17) is 14.2 Å². The highest BCUT2D eigenvalue weighted by Gasteiger charge is 2.75. The predicted octanol–water partition coefficient (Wildman–Crippen LogP) is 2.80. The number of ether oxygens (including phenoxy) is 3. The lowest BCUT2D eigenvalue weighted by atomic mass is 9.69. The first kappa shape index (κ1) is 18.2. The molecule has 0 aromatic rings. The van der Waals surface area contributed by atoms with E-state index >= 15 is 0 Å². The van der Waals surface area contributed by atoms with Gasteiger partial charge in [-0.25, -0.2) is 0 Å². The molecule has 0 amide bonds. The average Bonchev–Trinajstić information content (AvgIpc) is 3.30. The van der Waals surface area contributed by atoms with E-state index in [1.165, 1.54) is 20.0 Å². The lowest BCUT2D eigenvalue weighted by Gasteiger charge is -2.37. The van der Waals surface area contributed by atoms with Crippen molar-refractivity contribution in [3.63, 3.8) is 0 Å². The Balaban J connectivity index is 1.20. The van der Waals surface area contributed by atoms with Crippen molar-refractivity contribution < 1.29 is 28.6 Å². The van der Waals surface area contributed by atoms with Crippen molar-refractivity contribution in [2.24, 2.45) is 35.0 Å². The van der Waals surface area contributed by atoms with E-state index in [2.05, 4.69) is 12.2 Å². The van der Waals surface area contributed by atoms with Gasteiger partial charge in [-0.2, -0.15) is 0 Å². The number of hydrogen-bond acceptors (Lipinski definition) is 6. The molecule has 1 saturated heterocycles. The van der Waals surface area contributed by atoms with Gasteiger partial charge in [-0.3, -0.25) is 14.4 Å². The molecule has 6 heteroatoms. The van der Waals surface area contributed by atoms with Crippen LogP contribution in [0.5, 0.6) is 0 Å². The molecular weight excluding hydrogens is 360 g/mol. The molecule has 0 aromatic heterocycles. The number of allylic oxidation sites excluding steroid dienone is 2. The maximum absolute atomic E-state index is 12.7. The highest BCUT2D eigenvalue weighted by atomic mass is 16.6. The Labute approximate surface area is 165 Å². The molecule has 2 bridgehead atoms. The third kappa shape index (κ3) is 2.56. The Bertz CT molecular complexity index is 729. The first-order valence-corrected chi connectivity index (χ1v) is 10.7. The summed E-state index contributed by atoms with van der Waals surface area (Å²) in [5.41, 5.74) is -1.17. The fourth-order valence-corrected chi connectivity index (χ4v) is 6.80. The smallest absolute Gasteiger partial charge is 0.324 e. The number of fused-ring (bicyclic) bond motifs is 2. The molecule has 0 spiro atoms. The Morgan fingerprint density at radius 2 is 1.93 bits per heavy atom. The Morgan fingerprint density at radius 3 is 2.71 bits per heavy atom. The van der Waals surface area contributed by atoms with Gasteiger partial charge in [0.25, 0.3) is 0 Å². The first-order chi connectivity index (χ1) is 13.5. The van der Waals surface area contributed by atoms with Crippen LogP contribution in [0.4, 0.5) is 0 Å². The van der Waals surface area contributed by atoms with Crippen molar-refractivity contribution in [3.05, 3.63) is 12.2 Å². The number of carbonyl (C=O) groups is 3. The first-order valence-electron chi connectivity index (χ1n) is 10.7. The number of carbonyl (C=O) groups excluding carboxylic acids is 3. The predicted molar refractivity (Wildman–Crippen MR) is 97.7 cm³/mol. The molecule has 8 unspecified atom stereocenters. The molecule has 0 aromatic carbocycles. The van der Waals surface area contributed by atoms with Crippen molar-refractivity contribution in [2.75, 3.05) is 7.11 Å². The summed E-state index contributed by atoms with van der Waals surface area (Å²) in [6, 6.07) is 0. The summed E-state index contributed by atoms with van der Waals surface area (Å²) < 4.78 is 16.2. The summed E-state index contributed by atoms with van der Waals surface area (Å²) in [6.07, 6.45) is 10.9. The van der Waals surface area contributed by atoms with Crippen molar-refractivity contribution in [1.29, 1.82) is 0 Å². The van der Waals surface area contributed by atoms with E-state index < -0.39 is 29.6 Å². The fourth-order valence-electron chi connectivity index (χ4n) is 6.80. The summed E-state index contributed by atoms with van der Waals surface area (Å²) in [5, 5.41) is 0. The van der Waals surface area contributed by atoms with E-state index in [-0.39, 0.29) is 17.8 Å². The molecule has 4 fully saturated rings. The Kier molecular flexibility index (Phi) is 4.29. The monoisotopic (exact) mass is 388 g/mol. The number of esters is 3. The molecule has 1 aliphatic heterocycles. The van der Waals surface area contributed by atoms with Gasteiger partial charge >= 0.3 is 17.9 Å². The van der Waals surface area contributed by atoms with Crippen molar-refractivity contribution in [2.45, 2.75) is 63.6 Å². The number of rotatable bonds is 4. The van der Waals surface area contributed by atoms with Gasteiger partial charge in [0, 0.05) is 18.3 Å². The molecule has 0 radical (unpaired) electrons. The van der Waals surface area contributed by atoms with Crippen molar-refractivity contribution >= 4 is 17.9 Å². The maximum atomic E-state index is 12.7. The van der Waals surface area contributed by atoms with Crippen LogP contribution in [0.2, 0.25) is 0 Å². The summed E-state index contributed by atoms with van der Waals surface area (Å²) in [5.74, 6) is 0.471. The van der Waals surface area contributed by atoms with Gasteiger partial charge < -0.3 is 14.2 Å². The van der Waals surface area contributed by atoms with Crippen molar-refractivity contribution in [3.8, 4) is 0 Å². The van der Waals surface area contributed by atoms with Gasteiger partial charge in [0.05, 0.1) is 7.11 Å². The van der Waals surface area contributed by atoms with Crippen LogP contribution in [0, 0.1) is 35.0 Å². The molecule has 5 aliphatic rings. The van der Waals surface area contributed by atoms with Gasteiger partial charge in [0.15, 0.2) is 5.41 Å². The number of hydrogen-bond donors (Lipinski definition) is 0. The molecule has 28 heavy (non-hydrogen) atoms. The second kappa shape index (κ2) is 6.60. The van der Waals surface area contributed by atoms with Gasteiger partial charge in [-0.1, -0.05) is 12.2 Å². The normalized spacial score (nSPS) is 45.5. The van der Waals surface area contributed by atoms with Crippen LogP contribution in [-0.4, -0.2) is 37.2 Å². The molecular formula is C22H28O6.